The van der Waals surface area contributed by atoms with E-state index in [0.29, 0.717) is 11.3 Å². The van der Waals surface area contributed by atoms with Gasteiger partial charge in [-0.15, -0.1) is 0 Å². The molecule has 0 aliphatic carbocycles. The number of nitrogens with zero attached hydrogens (tertiary/aromatic N) is 3. The molecule has 2 aromatic rings. The molecular formula is C19H18FN3O4. The second-order valence-corrected chi connectivity index (χ2v) is 6.40. The van der Waals surface area contributed by atoms with E-state index < -0.39 is 16.8 Å². The summed E-state index contributed by atoms with van der Waals surface area (Å²) in [5.41, 5.74) is 1.11. The molecule has 0 saturated carbocycles. The number of piperazine rings is 1. The Kier molecular flexibility index (Phi) is 4.89. The summed E-state index contributed by atoms with van der Waals surface area (Å²) < 4.78 is 13.8. The SMILES string of the molecule is Cc1ccc(N2CCN(C(=O)c3ccc([N+](=O)[O-])cc3)C(C)C2=O)cc1F. The Bertz CT molecular complexity index is 914. The topological polar surface area (TPSA) is 83.8 Å². The summed E-state index contributed by atoms with van der Waals surface area (Å²) >= 11 is 0. The second-order valence-electron chi connectivity index (χ2n) is 6.40. The van der Waals surface area contributed by atoms with E-state index in [0.717, 1.165) is 0 Å². The fraction of sp³-hybridized carbons (Fsp3) is 0.263. The summed E-state index contributed by atoms with van der Waals surface area (Å²) in [5, 5.41) is 10.7. The third-order valence-electron chi connectivity index (χ3n) is 4.71. The van der Waals surface area contributed by atoms with Crippen LogP contribution in [0, 0.1) is 22.9 Å². The zero-order chi connectivity index (χ0) is 19.7. The molecule has 2 aromatic carbocycles. The van der Waals surface area contributed by atoms with Crippen LogP contribution < -0.4 is 4.90 Å². The third kappa shape index (κ3) is 3.51. The lowest BCUT2D eigenvalue weighted by Gasteiger charge is -2.39. The van der Waals surface area contributed by atoms with E-state index in [1.807, 2.05) is 0 Å². The average molecular weight is 371 g/mol. The Labute approximate surface area is 155 Å². The van der Waals surface area contributed by atoms with Gasteiger partial charge in [0.15, 0.2) is 0 Å². The van der Waals surface area contributed by atoms with Gasteiger partial charge in [0.05, 0.1) is 4.92 Å². The lowest BCUT2D eigenvalue weighted by molar-refractivity contribution is -0.384. The van der Waals surface area contributed by atoms with Crippen molar-refractivity contribution in [2.45, 2.75) is 19.9 Å². The quantitative estimate of drug-likeness (QED) is 0.613. The summed E-state index contributed by atoms with van der Waals surface area (Å²) in [7, 11) is 0. The van der Waals surface area contributed by atoms with Gasteiger partial charge in [0.2, 0.25) is 5.91 Å². The van der Waals surface area contributed by atoms with Gasteiger partial charge in [-0.05, 0) is 43.7 Å². The van der Waals surface area contributed by atoms with Gasteiger partial charge in [-0.2, -0.15) is 0 Å². The first-order valence-corrected chi connectivity index (χ1v) is 8.42. The van der Waals surface area contributed by atoms with Crippen LogP contribution >= 0.6 is 0 Å². The molecule has 0 bridgehead atoms. The highest BCUT2D eigenvalue weighted by Crippen LogP contribution is 2.24. The third-order valence-corrected chi connectivity index (χ3v) is 4.71. The highest BCUT2D eigenvalue weighted by molar-refractivity contribution is 6.03. The largest absolute Gasteiger partial charge is 0.325 e. The van der Waals surface area contributed by atoms with Gasteiger partial charge in [0.25, 0.3) is 11.6 Å². The Balaban J connectivity index is 1.78. The Hall–Kier alpha value is -3.29. The van der Waals surface area contributed by atoms with Crippen molar-refractivity contribution in [2.24, 2.45) is 0 Å². The summed E-state index contributed by atoms with van der Waals surface area (Å²) in [6.07, 6.45) is 0. The average Bonchev–Trinajstić information content (AvgIpc) is 2.66. The molecule has 7 nitrogen and oxygen atoms in total. The maximum atomic E-state index is 13.8. The molecule has 0 N–H and O–H groups in total. The van der Waals surface area contributed by atoms with Crippen LogP contribution in [-0.2, 0) is 4.79 Å². The number of carbonyl (C=O) groups is 2. The monoisotopic (exact) mass is 371 g/mol. The van der Waals surface area contributed by atoms with Crippen molar-refractivity contribution in [3.63, 3.8) is 0 Å². The van der Waals surface area contributed by atoms with Crippen molar-refractivity contribution in [3.8, 4) is 0 Å². The number of carbonyl (C=O) groups excluding carboxylic acids is 2. The molecule has 1 atom stereocenters. The molecule has 1 fully saturated rings. The standard InChI is InChI=1S/C19H18FN3O4/c1-12-3-6-16(11-17(12)20)22-10-9-21(13(2)18(22)24)19(25)14-4-7-15(8-5-14)23(26)27/h3-8,11,13H,9-10H2,1-2H3. The molecule has 1 aliphatic rings. The smallest absolute Gasteiger partial charge is 0.269 e. The van der Waals surface area contributed by atoms with E-state index in [4.69, 9.17) is 0 Å². The number of benzene rings is 2. The zero-order valence-electron chi connectivity index (χ0n) is 14.9. The zero-order valence-corrected chi connectivity index (χ0v) is 14.9. The minimum atomic E-state index is -0.731. The molecule has 1 aliphatic heterocycles. The van der Waals surface area contributed by atoms with Gasteiger partial charge in [0, 0.05) is 36.5 Å². The minimum absolute atomic E-state index is 0.109. The number of halogens is 1. The fourth-order valence-electron chi connectivity index (χ4n) is 3.05. The van der Waals surface area contributed by atoms with E-state index >= 15 is 0 Å². The second kappa shape index (κ2) is 7.14. The van der Waals surface area contributed by atoms with Crippen molar-refractivity contribution >= 4 is 23.2 Å². The number of aryl methyl sites for hydroxylation is 1. The first kappa shape index (κ1) is 18.5. The molecule has 0 aromatic heterocycles. The highest BCUT2D eigenvalue weighted by atomic mass is 19.1. The van der Waals surface area contributed by atoms with Gasteiger partial charge in [-0.25, -0.2) is 4.39 Å². The summed E-state index contributed by atoms with van der Waals surface area (Å²) in [5.74, 6) is -1.07. The number of nitro groups is 1. The molecule has 3 rings (SSSR count). The van der Waals surface area contributed by atoms with Crippen molar-refractivity contribution in [3.05, 3.63) is 69.5 Å². The van der Waals surface area contributed by atoms with Crippen molar-refractivity contribution in [1.29, 1.82) is 0 Å². The van der Waals surface area contributed by atoms with Crippen LogP contribution in [0.3, 0.4) is 0 Å². The van der Waals surface area contributed by atoms with Gasteiger partial charge in [-0.1, -0.05) is 6.07 Å². The van der Waals surface area contributed by atoms with E-state index in [1.54, 1.807) is 26.0 Å². The van der Waals surface area contributed by atoms with E-state index in [-0.39, 0.29) is 36.2 Å². The molecular weight excluding hydrogens is 353 g/mol. The Morgan fingerprint density at radius 3 is 2.44 bits per heavy atom. The first-order valence-electron chi connectivity index (χ1n) is 8.42. The molecule has 8 heteroatoms. The Morgan fingerprint density at radius 2 is 1.85 bits per heavy atom. The van der Waals surface area contributed by atoms with E-state index in [1.165, 1.54) is 40.1 Å². The van der Waals surface area contributed by atoms with Gasteiger partial charge in [-0.3, -0.25) is 19.7 Å². The number of hydrogen-bond acceptors (Lipinski definition) is 4. The number of rotatable bonds is 3. The number of hydrogen-bond donors (Lipinski definition) is 0. The molecule has 1 heterocycles. The summed E-state index contributed by atoms with van der Waals surface area (Å²) in [6.45, 7) is 3.77. The van der Waals surface area contributed by atoms with E-state index in [9.17, 15) is 24.1 Å². The Morgan fingerprint density at radius 1 is 1.19 bits per heavy atom. The number of amides is 2. The molecule has 27 heavy (non-hydrogen) atoms. The molecule has 140 valence electrons. The van der Waals surface area contributed by atoms with E-state index in [2.05, 4.69) is 0 Å². The number of anilines is 1. The molecule has 1 unspecified atom stereocenters. The van der Waals surface area contributed by atoms with Crippen LogP contribution in [0.5, 0.6) is 0 Å². The van der Waals surface area contributed by atoms with Crippen molar-refractivity contribution < 1.29 is 18.9 Å². The molecule has 0 spiro atoms. The molecule has 2 amide bonds. The van der Waals surface area contributed by atoms with Crippen LogP contribution in [0.25, 0.3) is 0 Å². The predicted molar refractivity (Wildman–Crippen MR) is 97.1 cm³/mol. The van der Waals surface area contributed by atoms with Crippen LogP contribution in [0.2, 0.25) is 0 Å². The fourth-order valence-corrected chi connectivity index (χ4v) is 3.05. The lowest BCUT2D eigenvalue weighted by atomic mass is 10.1. The van der Waals surface area contributed by atoms with Crippen LogP contribution in [0.15, 0.2) is 42.5 Å². The number of nitro benzene ring substituents is 1. The normalized spacial score (nSPS) is 17.1. The van der Waals surface area contributed by atoms with Gasteiger partial charge in [0.1, 0.15) is 11.9 Å². The first-order chi connectivity index (χ1) is 12.8. The van der Waals surface area contributed by atoms with Crippen molar-refractivity contribution in [1.82, 2.24) is 4.90 Å². The van der Waals surface area contributed by atoms with Crippen molar-refractivity contribution in [2.75, 3.05) is 18.0 Å². The molecule has 1 saturated heterocycles. The summed E-state index contributed by atoms with van der Waals surface area (Å²) in [6, 6.07) is 9.13. The van der Waals surface area contributed by atoms with Crippen LogP contribution in [0.4, 0.5) is 15.8 Å². The maximum Gasteiger partial charge on any atom is 0.269 e. The minimum Gasteiger partial charge on any atom is -0.325 e. The van der Waals surface area contributed by atoms with Crippen LogP contribution in [-0.4, -0.2) is 40.8 Å². The maximum absolute atomic E-state index is 13.8. The lowest BCUT2D eigenvalue weighted by Crippen LogP contribution is -2.57. The number of non-ortho nitro benzene ring substituents is 1. The van der Waals surface area contributed by atoms with Gasteiger partial charge < -0.3 is 9.80 Å². The molecule has 0 radical (unpaired) electrons. The van der Waals surface area contributed by atoms with Crippen LogP contribution in [0.1, 0.15) is 22.8 Å². The highest BCUT2D eigenvalue weighted by Gasteiger charge is 2.35. The predicted octanol–water partition coefficient (Wildman–Crippen LogP) is 2.92. The summed E-state index contributed by atoms with van der Waals surface area (Å²) in [4.78, 5) is 38.5. The van der Waals surface area contributed by atoms with Gasteiger partial charge >= 0.3 is 0 Å².